The molecule has 1 nitrogen and oxygen atoms in total. The summed E-state index contributed by atoms with van der Waals surface area (Å²) in [7, 11) is 0. The molecule has 0 aliphatic carbocycles. The molecule has 1 aromatic carbocycles. The Hall–Kier alpha value is -0.820. The highest BCUT2D eigenvalue weighted by molar-refractivity contribution is 5.31. The van der Waals surface area contributed by atoms with Gasteiger partial charge in [-0.3, -0.25) is 0 Å². The lowest BCUT2D eigenvalue weighted by Crippen LogP contribution is -2.14. The highest BCUT2D eigenvalue weighted by Crippen LogP contribution is 2.29. The van der Waals surface area contributed by atoms with Gasteiger partial charge in [0.1, 0.15) is 0 Å². The zero-order valence-electron chi connectivity index (χ0n) is 10.0. The van der Waals surface area contributed by atoms with Crippen LogP contribution in [0.1, 0.15) is 36.0 Å². The second-order valence-corrected chi connectivity index (χ2v) is 4.96. The van der Waals surface area contributed by atoms with Gasteiger partial charge in [-0.2, -0.15) is 0 Å². The number of benzene rings is 1. The first-order valence-corrected chi connectivity index (χ1v) is 5.96. The molecule has 1 aromatic rings. The highest BCUT2D eigenvalue weighted by Gasteiger charge is 2.22. The minimum atomic E-state index is 0.693. The lowest BCUT2D eigenvalue weighted by atomic mass is 9.86. The van der Waals surface area contributed by atoms with Gasteiger partial charge in [-0.05, 0) is 50.8 Å². The Balaban J connectivity index is 2.20. The minimum Gasteiger partial charge on any atom is -0.316 e. The molecule has 0 aromatic heterocycles. The standard InChI is InChI=1S/C14H21N/c1-10-6-11(2)8-14(7-10)12(3)13-4-5-15-9-13/h6-8,12-13,15H,4-5,9H2,1-3H3. The zero-order valence-corrected chi connectivity index (χ0v) is 10.0. The number of aryl methyl sites for hydroxylation is 2. The van der Waals surface area contributed by atoms with Gasteiger partial charge in [-0.1, -0.05) is 36.2 Å². The van der Waals surface area contributed by atoms with Gasteiger partial charge in [-0.25, -0.2) is 0 Å². The molecule has 1 heteroatoms. The monoisotopic (exact) mass is 203 g/mol. The van der Waals surface area contributed by atoms with E-state index in [1.807, 2.05) is 0 Å². The fourth-order valence-corrected chi connectivity index (χ4v) is 2.65. The molecule has 0 bridgehead atoms. The molecule has 2 rings (SSSR count). The molecule has 0 amide bonds. The summed E-state index contributed by atoms with van der Waals surface area (Å²) in [5.74, 6) is 1.52. The van der Waals surface area contributed by atoms with Crippen molar-refractivity contribution in [3.63, 3.8) is 0 Å². The molecule has 1 fully saturated rings. The lowest BCUT2D eigenvalue weighted by molar-refractivity contribution is 0.487. The molecular formula is C14H21N. The molecule has 0 saturated carbocycles. The number of rotatable bonds is 2. The molecule has 2 unspecified atom stereocenters. The van der Waals surface area contributed by atoms with E-state index in [4.69, 9.17) is 0 Å². The maximum absolute atomic E-state index is 3.45. The summed E-state index contributed by atoms with van der Waals surface area (Å²) in [4.78, 5) is 0. The summed E-state index contributed by atoms with van der Waals surface area (Å²) in [5.41, 5.74) is 4.30. The van der Waals surface area contributed by atoms with Crippen LogP contribution in [0.15, 0.2) is 18.2 Å². The maximum atomic E-state index is 3.45. The third-order valence-electron chi connectivity index (χ3n) is 3.58. The van der Waals surface area contributed by atoms with Gasteiger partial charge in [0.25, 0.3) is 0 Å². The Bertz CT molecular complexity index is 317. The van der Waals surface area contributed by atoms with Gasteiger partial charge >= 0.3 is 0 Å². The van der Waals surface area contributed by atoms with Crippen LogP contribution in [-0.4, -0.2) is 13.1 Å². The summed E-state index contributed by atoms with van der Waals surface area (Å²) in [6.45, 7) is 9.13. The van der Waals surface area contributed by atoms with Gasteiger partial charge in [-0.15, -0.1) is 0 Å². The first-order valence-electron chi connectivity index (χ1n) is 5.96. The van der Waals surface area contributed by atoms with E-state index in [2.05, 4.69) is 44.3 Å². The van der Waals surface area contributed by atoms with Gasteiger partial charge < -0.3 is 5.32 Å². The van der Waals surface area contributed by atoms with Crippen molar-refractivity contribution in [2.75, 3.05) is 13.1 Å². The molecular weight excluding hydrogens is 182 g/mol. The molecule has 0 radical (unpaired) electrons. The molecule has 2 atom stereocenters. The second kappa shape index (κ2) is 4.36. The predicted molar refractivity (Wildman–Crippen MR) is 65.3 cm³/mol. The van der Waals surface area contributed by atoms with Crippen molar-refractivity contribution >= 4 is 0 Å². The lowest BCUT2D eigenvalue weighted by Gasteiger charge is -2.19. The Morgan fingerprint density at radius 1 is 1.20 bits per heavy atom. The first-order chi connectivity index (χ1) is 7.16. The van der Waals surface area contributed by atoms with E-state index in [1.54, 1.807) is 0 Å². The van der Waals surface area contributed by atoms with E-state index >= 15 is 0 Å². The molecule has 1 heterocycles. The molecule has 1 saturated heterocycles. The molecule has 82 valence electrons. The van der Waals surface area contributed by atoms with Crippen LogP contribution in [-0.2, 0) is 0 Å². The third kappa shape index (κ3) is 2.40. The van der Waals surface area contributed by atoms with Gasteiger partial charge in [0.05, 0.1) is 0 Å². The predicted octanol–water partition coefficient (Wildman–Crippen LogP) is 3.02. The quantitative estimate of drug-likeness (QED) is 0.779. The van der Waals surface area contributed by atoms with Gasteiger partial charge in [0, 0.05) is 0 Å². The average molecular weight is 203 g/mol. The molecule has 1 aliphatic heterocycles. The fraction of sp³-hybridized carbons (Fsp3) is 0.571. The molecule has 15 heavy (non-hydrogen) atoms. The van der Waals surface area contributed by atoms with Crippen LogP contribution < -0.4 is 5.32 Å². The molecule has 1 aliphatic rings. The van der Waals surface area contributed by atoms with Crippen molar-refractivity contribution in [2.45, 2.75) is 33.1 Å². The number of hydrogen-bond acceptors (Lipinski definition) is 1. The van der Waals surface area contributed by atoms with Crippen LogP contribution in [0.2, 0.25) is 0 Å². The summed E-state index contributed by atoms with van der Waals surface area (Å²) < 4.78 is 0. The van der Waals surface area contributed by atoms with E-state index in [0.29, 0.717) is 5.92 Å². The van der Waals surface area contributed by atoms with Crippen molar-refractivity contribution in [3.05, 3.63) is 34.9 Å². The summed E-state index contributed by atoms with van der Waals surface area (Å²) in [6.07, 6.45) is 1.33. The topological polar surface area (TPSA) is 12.0 Å². The smallest absolute Gasteiger partial charge is 0.00143 e. The summed E-state index contributed by atoms with van der Waals surface area (Å²) in [5, 5.41) is 3.45. The normalized spacial score (nSPS) is 23.0. The molecule has 0 spiro atoms. The molecule has 1 N–H and O–H groups in total. The minimum absolute atomic E-state index is 0.693. The second-order valence-electron chi connectivity index (χ2n) is 4.96. The number of nitrogens with one attached hydrogen (secondary N) is 1. The zero-order chi connectivity index (χ0) is 10.8. The Morgan fingerprint density at radius 2 is 1.87 bits per heavy atom. The number of hydrogen-bond donors (Lipinski definition) is 1. The van der Waals surface area contributed by atoms with Crippen LogP contribution >= 0.6 is 0 Å². The van der Waals surface area contributed by atoms with Crippen LogP contribution in [0.5, 0.6) is 0 Å². The Kier molecular flexibility index (Phi) is 3.11. The third-order valence-corrected chi connectivity index (χ3v) is 3.58. The Labute approximate surface area is 92.9 Å². The highest BCUT2D eigenvalue weighted by atomic mass is 14.9. The Morgan fingerprint density at radius 3 is 2.40 bits per heavy atom. The van der Waals surface area contributed by atoms with Crippen molar-refractivity contribution < 1.29 is 0 Å². The average Bonchev–Trinajstić information content (AvgIpc) is 2.67. The van der Waals surface area contributed by atoms with E-state index in [1.165, 1.54) is 36.2 Å². The van der Waals surface area contributed by atoms with Crippen molar-refractivity contribution in [1.29, 1.82) is 0 Å². The van der Waals surface area contributed by atoms with E-state index < -0.39 is 0 Å². The van der Waals surface area contributed by atoms with Crippen molar-refractivity contribution in [3.8, 4) is 0 Å². The van der Waals surface area contributed by atoms with Gasteiger partial charge in [0.2, 0.25) is 0 Å². The van der Waals surface area contributed by atoms with Gasteiger partial charge in [0.15, 0.2) is 0 Å². The summed E-state index contributed by atoms with van der Waals surface area (Å²) >= 11 is 0. The van der Waals surface area contributed by atoms with Crippen LogP contribution in [0.25, 0.3) is 0 Å². The van der Waals surface area contributed by atoms with Crippen LogP contribution in [0.4, 0.5) is 0 Å². The summed E-state index contributed by atoms with van der Waals surface area (Å²) in [6, 6.07) is 6.94. The first kappa shape index (κ1) is 10.7. The maximum Gasteiger partial charge on any atom is -0.00143 e. The van der Waals surface area contributed by atoms with Crippen LogP contribution in [0, 0.1) is 19.8 Å². The van der Waals surface area contributed by atoms with E-state index in [0.717, 1.165) is 5.92 Å². The fourth-order valence-electron chi connectivity index (χ4n) is 2.65. The van der Waals surface area contributed by atoms with Crippen LogP contribution in [0.3, 0.4) is 0 Å². The SMILES string of the molecule is Cc1cc(C)cc(C(C)C2CCNC2)c1. The van der Waals surface area contributed by atoms with E-state index in [-0.39, 0.29) is 0 Å². The van der Waals surface area contributed by atoms with Crippen molar-refractivity contribution in [2.24, 2.45) is 5.92 Å². The van der Waals surface area contributed by atoms with Crippen molar-refractivity contribution in [1.82, 2.24) is 5.32 Å². The largest absolute Gasteiger partial charge is 0.316 e. The van der Waals surface area contributed by atoms with E-state index in [9.17, 15) is 0 Å².